The van der Waals surface area contributed by atoms with Crippen LogP contribution in [0, 0.1) is 0 Å². The van der Waals surface area contributed by atoms with Crippen molar-refractivity contribution in [2.24, 2.45) is 12.8 Å². The standard InChI is InChI=1S/C18H17N3O3/c1-21-14(8-9-20-21)13-10-11(6-7-15(13)22)17-12(18(19)23)4-3-5-16(17)24-2/h3-10,22H,1-2H3,(H2,19,23). The molecule has 0 aliphatic carbocycles. The molecule has 3 rings (SSSR count). The van der Waals surface area contributed by atoms with Crippen molar-refractivity contribution in [3.63, 3.8) is 0 Å². The number of amides is 1. The number of carbonyl (C=O) groups excluding carboxylic acids is 1. The second kappa shape index (κ2) is 6.08. The maximum Gasteiger partial charge on any atom is 0.249 e. The maximum atomic E-state index is 11.8. The molecular weight excluding hydrogens is 306 g/mol. The van der Waals surface area contributed by atoms with Crippen molar-refractivity contribution in [3.05, 3.63) is 54.2 Å². The van der Waals surface area contributed by atoms with Gasteiger partial charge in [0, 0.05) is 24.4 Å². The second-order valence-corrected chi connectivity index (χ2v) is 5.32. The molecule has 6 heteroatoms. The minimum absolute atomic E-state index is 0.123. The van der Waals surface area contributed by atoms with E-state index in [1.165, 1.54) is 7.11 Å². The Labute approximate surface area is 139 Å². The number of hydrogen-bond acceptors (Lipinski definition) is 4. The number of aryl methyl sites for hydroxylation is 1. The van der Waals surface area contributed by atoms with Gasteiger partial charge in [-0.1, -0.05) is 12.1 Å². The lowest BCUT2D eigenvalue weighted by Crippen LogP contribution is -2.12. The lowest BCUT2D eigenvalue weighted by atomic mass is 9.95. The molecule has 0 unspecified atom stereocenters. The van der Waals surface area contributed by atoms with Gasteiger partial charge in [-0.2, -0.15) is 5.10 Å². The third kappa shape index (κ3) is 2.58. The summed E-state index contributed by atoms with van der Waals surface area (Å²) in [7, 11) is 3.32. The number of aromatic hydroxyl groups is 1. The number of phenolic OH excluding ortho intramolecular Hbond substituents is 1. The maximum absolute atomic E-state index is 11.8. The van der Waals surface area contributed by atoms with Crippen molar-refractivity contribution in [2.75, 3.05) is 7.11 Å². The first-order valence-electron chi connectivity index (χ1n) is 7.31. The number of aromatic nitrogens is 2. The first-order chi connectivity index (χ1) is 11.5. The normalized spacial score (nSPS) is 10.6. The van der Waals surface area contributed by atoms with Gasteiger partial charge in [-0.3, -0.25) is 9.48 Å². The number of benzene rings is 2. The predicted molar refractivity (Wildman–Crippen MR) is 90.8 cm³/mol. The molecule has 0 radical (unpaired) electrons. The zero-order valence-corrected chi connectivity index (χ0v) is 13.4. The van der Waals surface area contributed by atoms with Crippen LogP contribution in [0.3, 0.4) is 0 Å². The fourth-order valence-electron chi connectivity index (χ4n) is 2.74. The number of methoxy groups -OCH3 is 1. The van der Waals surface area contributed by atoms with Crippen LogP contribution in [-0.4, -0.2) is 27.9 Å². The summed E-state index contributed by atoms with van der Waals surface area (Å²) in [6, 6.07) is 12.0. The second-order valence-electron chi connectivity index (χ2n) is 5.32. The Kier molecular flexibility index (Phi) is 3.95. The van der Waals surface area contributed by atoms with E-state index in [4.69, 9.17) is 10.5 Å². The highest BCUT2D eigenvalue weighted by Gasteiger charge is 2.17. The Morgan fingerprint density at radius 1 is 1.25 bits per heavy atom. The Hall–Kier alpha value is -3.28. The molecular formula is C18H17N3O3. The number of nitrogens with two attached hydrogens (primary N) is 1. The monoisotopic (exact) mass is 323 g/mol. The highest BCUT2D eigenvalue weighted by atomic mass is 16.5. The summed E-state index contributed by atoms with van der Waals surface area (Å²) in [6.45, 7) is 0. The first-order valence-corrected chi connectivity index (χ1v) is 7.31. The van der Waals surface area contributed by atoms with Gasteiger partial charge < -0.3 is 15.6 Å². The average molecular weight is 323 g/mol. The van der Waals surface area contributed by atoms with E-state index in [2.05, 4.69) is 5.10 Å². The summed E-state index contributed by atoms with van der Waals surface area (Å²) < 4.78 is 7.05. The van der Waals surface area contributed by atoms with Crippen LogP contribution in [-0.2, 0) is 7.05 Å². The molecule has 0 saturated carbocycles. The highest BCUT2D eigenvalue weighted by molar-refractivity contribution is 6.01. The Morgan fingerprint density at radius 3 is 2.67 bits per heavy atom. The largest absolute Gasteiger partial charge is 0.507 e. The lowest BCUT2D eigenvalue weighted by Gasteiger charge is -2.14. The van der Waals surface area contributed by atoms with E-state index in [0.717, 1.165) is 11.3 Å². The molecule has 0 bridgehead atoms. The van der Waals surface area contributed by atoms with E-state index in [0.29, 0.717) is 22.4 Å². The van der Waals surface area contributed by atoms with Gasteiger partial charge in [0.05, 0.1) is 18.4 Å². The van der Waals surface area contributed by atoms with Gasteiger partial charge in [0.1, 0.15) is 11.5 Å². The highest BCUT2D eigenvalue weighted by Crippen LogP contribution is 2.38. The average Bonchev–Trinajstić information content (AvgIpc) is 3.00. The van der Waals surface area contributed by atoms with Crippen LogP contribution in [0.1, 0.15) is 10.4 Å². The van der Waals surface area contributed by atoms with Gasteiger partial charge in [0.2, 0.25) is 5.91 Å². The van der Waals surface area contributed by atoms with Gasteiger partial charge in [0.15, 0.2) is 0 Å². The van der Waals surface area contributed by atoms with E-state index in [1.54, 1.807) is 60.4 Å². The molecule has 1 aromatic heterocycles. The van der Waals surface area contributed by atoms with Crippen molar-refractivity contribution in [1.82, 2.24) is 9.78 Å². The Morgan fingerprint density at radius 2 is 2.04 bits per heavy atom. The van der Waals surface area contributed by atoms with Gasteiger partial charge in [0.25, 0.3) is 0 Å². The molecule has 24 heavy (non-hydrogen) atoms. The number of nitrogens with zero attached hydrogens (tertiary/aromatic N) is 2. The third-order valence-electron chi connectivity index (χ3n) is 3.89. The number of ether oxygens (including phenoxy) is 1. The smallest absolute Gasteiger partial charge is 0.249 e. The van der Waals surface area contributed by atoms with Crippen LogP contribution in [0.25, 0.3) is 22.4 Å². The van der Waals surface area contributed by atoms with Crippen LogP contribution >= 0.6 is 0 Å². The molecule has 3 N–H and O–H groups in total. The summed E-state index contributed by atoms with van der Waals surface area (Å²) in [5.41, 5.74) is 8.53. The molecule has 0 aliphatic rings. The molecule has 1 heterocycles. The molecule has 1 amide bonds. The molecule has 3 aromatic rings. The summed E-state index contributed by atoms with van der Waals surface area (Å²) in [5.74, 6) is 0.116. The summed E-state index contributed by atoms with van der Waals surface area (Å²) in [6.07, 6.45) is 1.65. The number of primary amides is 1. The number of hydrogen-bond donors (Lipinski definition) is 2. The molecule has 2 aromatic carbocycles. The van der Waals surface area contributed by atoms with Crippen LogP contribution < -0.4 is 10.5 Å². The van der Waals surface area contributed by atoms with Crippen molar-refractivity contribution in [2.45, 2.75) is 0 Å². The fourth-order valence-corrected chi connectivity index (χ4v) is 2.74. The zero-order valence-electron chi connectivity index (χ0n) is 13.4. The molecule has 0 spiro atoms. The molecule has 0 saturated heterocycles. The SMILES string of the molecule is COc1cccc(C(N)=O)c1-c1ccc(O)c(-c2ccnn2C)c1. The van der Waals surface area contributed by atoms with E-state index in [-0.39, 0.29) is 5.75 Å². The van der Waals surface area contributed by atoms with Crippen molar-refractivity contribution in [3.8, 4) is 33.9 Å². The van der Waals surface area contributed by atoms with Crippen molar-refractivity contribution < 1.29 is 14.6 Å². The molecule has 0 aliphatic heterocycles. The van der Waals surface area contributed by atoms with Gasteiger partial charge in [-0.15, -0.1) is 0 Å². The summed E-state index contributed by atoms with van der Waals surface area (Å²) in [5, 5.41) is 14.3. The van der Waals surface area contributed by atoms with E-state index < -0.39 is 5.91 Å². The van der Waals surface area contributed by atoms with E-state index >= 15 is 0 Å². The van der Waals surface area contributed by atoms with Gasteiger partial charge >= 0.3 is 0 Å². The lowest BCUT2D eigenvalue weighted by molar-refractivity contribution is 0.100. The molecule has 6 nitrogen and oxygen atoms in total. The third-order valence-corrected chi connectivity index (χ3v) is 3.89. The van der Waals surface area contributed by atoms with Gasteiger partial charge in [-0.05, 0) is 35.9 Å². The van der Waals surface area contributed by atoms with E-state index in [1.807, 2.05) is 0 Å². The predicted octanol–water partition coefficient (Wildman–Crippen LogP) is 2.57. The molecule has 0 atom stereocenters. The van der Waals surface area contributed by atoms with Gasteiger partial charge in [-0.25, -0.2) is 0 Å². The quantitative estimate of drug-likeness (QED) is 0.772. The Balaban J connectivity index is 2.26. The van der Waals surface area contributed by atoms with Crippen LogP contribution in [0.2, 0.25) is 0 Å². The summed E-state index contributed by atoms with van der Waals surface area (Å²) in [4.78, 5) is 11.8. The topological polar surface area (TPSA) is 90.4 Å². The molecule has 122 valence electrons. The first kappa shape index (κ1) is 15.6. The van der Waals surface area contributed by atoms with Crippen molar-refractivity contribution in [1.29, 1.82) is 0 Å². The minimum atomic E-state index is -0.543. The fraction of sp³-hybridized carbons (Fsp3) is 0.111. The minimum Gasteiger partial charge on any atom is -0.507 e. The molecule has 0 fully saturated rings. The van der Waals surface area contributed by atoms with Crippen molar-refractivity contribution >= 4 is 5.91 Å². The van der Waals surface area contributed by atoms with E-state index in [9.17, 15) is 9.90 Å². The van der Waals surface area contributed by atoms with Crippen LogP contribution in [0.4, 0.5) is 0 Å². The number of phenols is 1. The van der Waals surface area contributed by atoms with Crippen LogP contribution in [0.15, 0.2) is 48.7 Å². The zero-order chi connectivity index (χ0) is 17.3. The Bertz CT molecular complexity index is 916. The number of carbonyl (C=O) groups is 1. The summed E-state index contributed by atoms with van der Waals surface area (Å²) >= 11 is 0. The number of rotatable bonds is 4. The van der Waals surface area contributed by atoms with Crippen LogP contribution in [0.5, 0.6) is 11.5 Å².